The lowest BCUT2D eigenvalue weighted by molar-refractivity contribution is -0.148. The average Bonchev–Trinajstić information content (AvgIpc) is 2.71. The minimum atomic E-state index is -0.698. The van der Waals surface area contributed by atoms with Gasteiger partial charge in [0.2, 0.25) is 5.91 Å². The van der Waals surface area contributed by atoms with Crippen LogP contribution in [0.3, 0.4) is 0 Å². The summed E-state index contributed by atoms with van der Waals surface area (Å²) in [6, 6.07) is 9.28. The Bertz CT molecular complexity index is 562. The van der Waals surface area contributed by atoms with Crippen LogP contribution in [0, 0.1) is 0 Å². The molecule has 1 unspecified atom stereocenters. The van der Waals surface area contributed by atoms with Gasteiger partial charge >= 0.3 is 5.97 Å². The van der Waals surface area contributed by atoms with Crippen molar-refractivity contribution in [1.82, 2.24) is 4.90 Å². The minimum absolute atomic E-state index is 0.0877. The van der Waals surface area contributed by atoms with Crippen LogP contribution in [-0.2, 0) is 14.3 Å². The van der Waals surface area contributed by atoms with Gasteiger partial charge < -0.3 is 10.1 Å². The summed E-state index contributed by atoms with van der Waals surface area (Å²) in [6.07, 6.45) is -0.324. The normalized spacial score (nSPS) is 18.0. The van der Waals surface area contributed by atoms with Crippen molar-refractivity contribution >= 4 is 34.6 Å². The molecule has 2 amide bonds. The largest absolute Gasteiger partial charge is 0.463 e. The SMILES string of the molecule is CC(C)OC(=O)CC1SC(=O)N(CNc2ccccc2)C1=O. The van der Waals surface area contributed by atoms with Gasteiger partial charge in [-0.3, -0.25) is 19.3 Å². The predicted molar refractivity (Wildman–Crippen MR) is 84.4 cm³/mol. The van der Waals surface area contributed by atoms with E-state index in [1.54, 1.807) is 13.8 Å². The standard InChI is InChI=1S/C15H18N2O4S/c1-10(2)21-13(18)8-12-14(19)17(15(20)22-12)9-16-11-6-4-3-5-7-11/h3-7,10,12,16H,8-9H2,1-2H3. The molecule has 0 aromatic heterocycles. The summed E-state index contributed by atoms with van der Waals surface area (Å²) in [7, 11) is 0. The molecule has 1 saturated heterocycles. The van der Waals surface area contributed by atoms with Crippen molar-refractivity contribution in [2.45, 2.75) is 31.6 Å². The first kappa shape index (κ1) is 16.4. The quantitative estimate of drug-likeness (QED) is 0.811. The molecule has 22 heavy (non-hydrogen) atoms. The number of esters is 1. The highest BCUT2D eigenvalue weighted by molar-refractivity contribution is 8.15. The molecule has 0 saturated carbocycles. The van der Waals surface area contributed by atoms with Crippen LogP contribution in [0.15, 0.2) is 30.3 Å². The summed E-state index contributed by atoms with van der Waals surface area (Å²) in [6.45, 7) is 3.57. The Kier molecular flexibility index (Phi) is 5.43. The van der Waals surface area contributed by atoms with E-state index >= 15 is 0 Å². The van der Waals surface area contributed by atoms with E-state index in [4.69, 9.17) is 4.74 Å². The number of benzene rings is 1. The van der Waals surface area contributed by atoms with Crippen LogP contribution in [0.25, 0.3) is 0 Å². The lowest BCUT2D eigenvalue weighted by Gasteiger charge is -2.15. The van der Waals surface area contributed by atoms with Crippen LogP contribution in [0.4, 0.5) is 10.5 Å². The zero-order valence-electron chi connectivity index (χ0n) is 12.4. The number of ether oxygens (including phenoxy) is 1. The molecule has 6 nitrogen and oxygen atoms in total. The van der Waals surface area contributed by atoms with Crippen LogP contribution in [0.2, 0.25) is 0 Å². The van der Waals surface area contributed by atoms with Gasteiger partial charge in [0, 0.05) is 5.69 Å². The zero-order chi connectivity index (χ0) is 16.1. The summed E-state index contributed by atoms with van der Waals surface area (Å²) in [5.41, 5.74) is 0.816. The van der Waals surface area contributed by atoms with Crippen molar-refractivity contribution in [2.24, 2.45) is 0 Å². The smallest absolute Gasteiger partial charge is 0.307 e. The maximum Gasteiger partial charge on any atom is 0.307 e. The highest BCUT2D eigenvalue weighted by Gasteiger charge is 2.40. The molecular weight excluding hydrogens is 304 g/mol. The first-order valence-corrected chi connectivity index (χ1v) is 7.85. The third-order valence-corrected chi connectivity index (χ3v) is 4.01. The molecule has 0 spiro atoms. The van der Waals surface area contributed by atoms with E-state index in [0.717, 1.165) is 22.3 Å². The van der Waals surface area contributed by atoms with E-state index in [0.29, 0.717) is 0 Å². The van der Waals surface area contributed by atoms with Gasteiger partial charge in [-0.2, -0.15) is 0 Å². The summed E-state index contributed by atoms with van der Waals surface area (Å²) >= 11 is 0.869. The van der Waals surface area contributed by atoms with E-state index in [9.17, 15) is 14.4 Å². The number of carbonyl (C=O) groups is 3. The van der Waals surface area contributed by atoms with Crippen LogP contribution in [0.5, 0.6) is 0 Å². The highest BCUT2D eigenvalue weighted by atomic mass is 32.2. The fraction of sp³-hybridized carbons (Fsp3) is 0.400. The van der Waals surface area contributed by atoms with Gasteiger partial charge in [0.15, 0.2) is 0 Å². The predicted octanol–water partition coefficient (Wildman–Crippen LogP) is 2.46. The molecule has 2 rings (SSSR count). The van der Waals surface area contributed by atoms with Crippen molar-refractivity contribution in [3.05, 3.63) is 30.3 Å². The number of para-hydroxylation sites is 1. The first-order chi connectivity index (χ1) is 10.5. The number of rotatable bonds is 6. The Balaban J connectivity index is 1.90. The Labute approximate surface area is 133 Å². The van der Waals surface area contributed by atoms with Crippen molar-refractivity contribution in [1.29, 1.82) is 0 Å². The average molecular weight is 322 g/mol. The molecule has 118 valence electrons. The second-order valence-corrected chi connectivity index (χ2v) is 6.24. The molecule has 7 heteroatoms. The number of nitrogens with one attached hydrogen (secondary N) is 1. The number of nitrogens with zero attached hydrogens (tertiary/aromatic N) is 1. The Morgan fingerprint density at radius 2 is 2.00 bits per heavy atom. The van der Waals surface area contributed by atoms with Gasteiger partial charge in [-0.15, -0.1) is 0 Å². The van der Waals surface area contributed by atoms with Crippen molar-refractivity contribution in [3.63, 3.8) is 0 Å². The van der Waals surface area contributed by atoms with E-state index in [1.807, 2.05) is 30.3 Å². The molecule has 1 N–H and O–H groups in total. The lowest BCUT2D eigenvalue weighted by atomic mass is 10.2. The lowest BCUT2D eigenvalue weighted by Crippen LogP contribution is -2.36. The topological polar surface area (TPSA) is 75.7 Å². The fourth-order valence-electron chi connectivity index (χ4n) is 1.96. The molecule has 1 aliphatic heterocycles. The van der Waals surface area contributed by atoms with E-state index < -0.39 is 11.2 Å². The Morgan fingerprint density at radius 3 is 2.64 bits per heavy atom. The van der Waals surface area contributed by atoms with Crippen molar-refractivity contribution in [3.8, 4) is 0 Å². The molecular formula is C15H18N2O4S. The van der Waals surface area contributed by atoms with Crippen LogP contribution in [-0.4, -0.2) is 40.0 Å². The molecule has 1 aliphatic rings. The van der Waals surface area contributed by atoms with Crippen molar-refractivity contribution in [2.75, 3.05) is 12.0 Å². The maximum absolute atomic E-state index is 12.2. The molecule has 1 aromatic carbocycles. The number of hydrogen-bond donors (Lipinski definition) is 1. The van der Waals surface area contributed by atoms with E-state index in [2.05, 4.69) is 5.32 Å². The number of amides is 2. The van der Waals surface area contributed by atoms with Gasteiger partial charge in [-0.05, 0) is 26.0 Å². The second kappa shape index (κ2) is 7.31. The number of carbonyl (C=O) groups excluding carboxylic acids is 3. The number of anilines is 1. The van der Waals surface area contributed by atoms with Crippen molar-refractivity contribution < 1.29 is 19.1 Å². The Hall–Kier alpha value is -2.02. The summed E-state index contributed by atoms with van der Waals surface area (Å²) in [5, 5.41) is 1.96. The van der Waals surface area contributed by atoms with Crippen LogP contribution in [0.1, 0.15) is 20.3 Å². The second-order valence-electron chi connectivity index (χ2n) is 5.08. The summed E-state index contributed by atoms with van der Waals surface area (Å²) in [5.74, 6) is -0.828. The molecule has 1 fully saturated rings. The monoisotopic (exact) mass is 322 g/mol. The van der Waals surface area contributed by atoms with E-state index in [-0.39, 0.29) is 30.3 Å². The van der Waals surface area contributed by atoms with E-state index in [1.165, 1.54) is 0 Å². The van der Waals surface area contributed by atoms with Gasteiger partial charge in [-0.1, -0.05) is 30.0 Å². The zero-order valence-corrected chi connectivity index (χ0v) is 13.3. The highest BCUT2D eigenvalue weighted by Crippen LogP contribution is 2.29. The van der Waals surface area contributed by atoms with Crippen LogP contribution >= 0.6 is 11.8 Å². The van der Waals surface area contributed by atoms with Gasteiger partial charge in [0.25, 0.3) is 5.24 Å². The molecule has 1 heterocycles. The third-order valence-electron chi connectivity index (χ3n) is 2.94. The van der Waals surface area contributed by atoms with Gasteiger partial charge in [-0.25, -0.2) is 0 Å². The van der Waals surface area contributed by atoms with Gasteiger partial charge in [0.05, 0.1) is 19.2 Å². The molecule has 0 radical (unpaired) electrons. The fourth-order valence-corrected chi connectivity index (χ4v) is 2.93. The molecule has 0 aliphatic carbocycles. The summed E-state index contributed by atoms with van der Waals surface area (Å²) in [4.78, 5) is 36.8. The third kappa shape index (κ3) is 4.24. The molecule has 1 atom stereocenters. The maximum atomic E-state index is 12.2. The summed E-state index contributed by atoms with van der Waals surface area (Å²) < 4.78 is 5.01. The first-order valence-electron chi connectivity index (χ1n) is 6.97. The number of hydrogen-bond acceptors (Lipinski definition) is 6. The number of imide groups is 1. The Morgan fingerprint density at radius 1 is 1.32 bits per heavy atom. The van der Waals surface area contributed by atoms with Crippen LogP contribution < -0.4 is 5.32 Å². The number of thioether (sulfide) groups is 1. The van der Waals surface area contributed by atoms with Gasteiger partial charge in [0.1, 0.15) is 5.25 Å². The molecule has 0 bridgehead atoms. The minimum Gasteiger partial charge on any atom is -0.463 e. The molecule has 1 aromatic rings.